The van der Waals surface area contributed by atoms with E-state index in [2.05, 4.69) is 20.6 Å². The van der Waals surface area contributed by atoms with Gasteiger partial charge in [0.05, 0.1) is 11.9 Å². The molecule has 1 amide bonds. The van der Waals surface area contributed by atoms with E-state index in [1.807, 2.05) is 62.7 Å². The summed E-state index contributed by atoms with van der Waals surface area (Å²) in [7, 11) is 1.91. The van der Waals surface area contributed by atoms with Crippen LogP contribution in [-0.2, 0) is 11.8 Å². The van der Waals surface area contributed by atoms with Crippen molar-refractivity contribution in [3.63, 3.8) is 0 Å². The molecule has 156 valence electrons. The molecule has 8 nitrogen and oxygen atoms in total. The SMILES string of the molecule is Cc1cnn(C)c1-c1ccc(NC2CC3CN(C(=O)OC(C)(C)C)C[C@H]3C2)nn1. The van der Waals surface area contributed by atoms with Gasteiger partial charge in [0.1, 0.15) is 17.1 Å². The Balaban J connectivity index is 1.32. The summed E-state index contributed by atoms with van der Waals surface area (Å²) in [4.78, 5) is 14.2. The largest absolute Gasteiger partial charge is 0.444 e. The molecule has 0 radical (unpaired) electrons. The summed E-state index contributed by atoms with van der Waals surface area (Å²) in [6.45, 7) is 9.30. The second-order valence-electron chi connectivity index (χ2n) is 9.32. The molecular formula is C21H30N6O2. The van der Waals surface area contributed by atoms with Crippen molar-refractivity contribution in [1.82, 2.24) is 24.9 Å². The third kappa shape index (κ3) is 4.21. The number of amides is 1. The normalized spacial score (nSPS) is 23.9. The van der Waals surface area contributed by atoms with Crippen LogP contribution in [0.15, 0.2) is 18.3 Å². The standard InChI is InChI=1S/C21H30N6O2/c1-13-10-22-26(5)19(13)17-6-7-18(25-24-17)23-16-8-14-11-27(12-15(14)9-16)20(28)29-21(2,3)4/h6-7,10,14-16H,8-9,11-12H2,1-5H3,(H,23,25)/t14-,15?,16?/m1/s1. The number of likely N-dealkylation sites (tertiary alicyclic amines) is 1. The van der Waals surface area contributed by atoms with E-state index in [0.29, 0.717) is 17.9 Å². The molecular weight excluding hydrogens is 368 g/mol. The lowest BCUT2D eigenvalue weighted by molar-refractivity contribution is 0.0280. The predicted molar refractivity (Wildman–Crippen MR) is 110 cm³/mol. The molecule has 29 heavy (non-hydrogen) atoms. The molecule has 1 aliphatic carbocycles. The van der Waals surface area contributed by atoms with Crippen LogP contribution in [-0.4, -0.2) is 55.7 Å². The van der Waals surface area contributed by atoms with Crippen LogP contribution in [0.5, 0.6) is 0 Å². The van der Waals surface area contributed by atoms with Crippen LogP contribution < -0.4 is 5.32 Å². The maximum atomic E-state index is 12.3. The Morgan fingerprint density at radius 2 is 1.86 bits per heavy atom. The van der Waals surface area contributed by atoms with Crippen molar-refractivity contribution in [2.24, 2.45) is 18.9 Å². The minimum absolute atomic E-state index is 0.191. The fourth-order valence-electron chi connectivity index (χ4n) is 4.55. The van der Waals surface area contributed by atoms with Crippen molar-refractivity contribution in [2.45, 2.75) is 52.2 Å². The quantitative estimate of drug-likeness (QED) is 0.854. The molecule has 3 heterocycles. The molecule has 3 atom stereocenters. The second kappa shape index (κ2) is 7.31. The summed E-state index contributed by atoms with van der Waals surface area (Å²) in [5.74, 6) is 1.83. The van der Waals surface area contributed by atoms with Crippen molar-refractivity contribution in [1.29, 1.82) is 0 Å². The third-order valence-corrected chi connectivity index (χ3v) is 5.78. The van der Waals surface area contributed by atoms with E-state index in [4.69, 9.17) is 4.74 Å². The number of nitrogens with one attached hydrogen (secondary N) is 1. The van der Waals surface area contributed by atoms with Crippen LogP contribution in [0.1, 0.15) is 39.2 Å². The molecule has 1 aliphatic heterocycles. The van der Waals surface area contributed by atoms with E-state index in [1.165, 1.54) is 0 Å². The number of fused-ring (bicyclic) bond motifs is 1. The molecule has 0 spiro atoms. The average Bonchev–Trinajstić information content (AvgIpc) is 3.28. The first-order chi connectivity index (χ1) is 13.7. The van der Waals surface area contributed by atoms with Crippen LogP contribution in [0, 0.1) is 18.8 Å². The lowest BCUT2D eigenvalue weighted by Gasteiger charge is -2.25. The van der Waals surface area contributed by atoms with Gasteiger partial charge in [0.25, 0.3) is 0 Å². The number of ether oxygens (including phenoxy) is 1. The fourth-order valence-corrected chi connectivity index (χ4v) is 4.55. The highest BCUT2D eigenvalue weighted by Gasteiger charge is 2.43. The van der Waals surface area contributed by atoms with Crippen LogP contribution in [0.4, 0.5) is 10.6 Å². The van der Waals surface area contributed by atoms with Gasteiger partial charge < -0.3 is 15.0 Å². The number of aryl methyl sites for hydroxylation is 2. The fraction of sp³-hybridized carbons (Fsp3) is 0.619. The Morgan fingerprint density at radius 3 is 2.38 bits per heavy atom. The molecule has 2 fully saturated rings. The predicted octanol–water partition coefficient (Wildman–Crippen LogP) is 3.24. The Labute approximate surface area is 171 Å². The van der Waals surface area contributed by atoms with Gasteiger partial charge in [-0.05, 0) is 70.1 Å². The Morgan fingerprint density at radius 1 is 1.17 bits per heavy atom. The molecule has 1 saturated carbocycles. The molecule has 1 saturated heterocycles. The van der Waals surface area contributed by atoms with E-state index in [9.17, 15) is 4.79 Å². The van der Waals surface area contributed by atoms with Gasteiger partial charge in [0.15, 0.2) is 0 Å². The Kier molecular flexibility index (Phi) is 4.96. The zero-order chi connectivity index (χ0) is 20.8. The molecule has 0 aromatic carbocycles. The monoisotopic (exact) mass is 398 g/mol. The van der Waals surface area contributed by atoms with Gasteiger partial charge in [-0.3, -0.25) is 4.68 Å². The highest BCUT2D eigenvalue weighted by Crippen LogP contribution is 2.39. The van der Waals surface area contributed by atoms with Crippen LogP contribution >= 0.6 is 0 Å². The Bertz CT molecular complexity index is 852. The number of aromatic nitrogens is 4. The number of anilines is 1. The van der Waals surface area contributed by atoms with Crippen molar-refractivity contribution in [3.05, 3.63) is 23.9 Å². The number of hydrogen-bond acceptors (Lipinski definition) is 6. The van der Waals surface area contributed by atoms with Gasteiger partial charge in [0.2, 0.25) is 0 Å². The van der Waals surface area contributed by atoms with Crippen LogP contribution in [0.25, 0.3) is 11.4 Å². The maximum absolute atomic E-state index is 12.3. The summed E-state index contributed by atoms with van der Waals surface area (Å²) in [5, 5.41) is 16.5. The van der Waals surface area contributed by atoms with Gasteiger partial charge in [-0.1, -0.05) is 0 Å². The summed E-state index contributed by atoms with van der Waals surface area (Å²) < 4.78 is 7.34. The van der Waals surface area contributed by atoms with Gasteiger partial charge in [0, 0.05) is 26.2 Å². The first-order valence-corrected chi connectivity index (χ1v) is 10.3. The number of carbonyl (C=O) groups is 1. The van der Waals surface area contributed by atoms with Crippen molar-refractivity contribution in [2.75, 3.05) is 18.4 Å². The maximum Gasteiger partial charge on any atom is 0.410 e. The van der Waals surface area contributed by atoms with Gasteiger partial charge in [-0.15, -0.1) is 10.2 Å². The zero-order valence-electron chi connectivity index (χ0n) is 17.8. The van der Waals surface area contributed by atoms with Gasteiger partial charge >= 0.3 is 6.09 Å². The summed E-state index contributed by atoms with van der Waals surface area (Å²) in [5.41, 5.74) is 2.45. The van der Waals surface area contributed by atoms with Gasteiger partial charge in [-0.2, -0.15) is 5.10 Å². The summed E-state index contributed by atoms with van der Waals surface area (Å²) >= 11 is 0. The summed E-state index contributed by atoms with van der Waals surface area (Å²) in [6.07, 6.45) is 3.71. The zero-order valence-corrected chi connectivity index (χ0v) is 17.8. The number of hydrogen-bond donors (Lipinski definition) is 1. The molecule has 8 heteroatoms. The molecule has 2 aliphatic rings. The van der Waals surface area contributed by atoms with E-state index in [-0.39, 0.29) is 6.09 Å². The average molecular weight is 399 g/mol. The van der Waals surface area contributed by atoms with E-state index in [0.717, 1.165) is 48.7 Å². The first kappa shape index (κ1) is 19.7. The second-order valence-corrected chi connectivity index (χ2v) is 9.32. The number of nitrogens with zero attached hydrogens (tertiary/aromatic N) is 5. The van der Waals surface area contributed by atoms with Crippen molar-refractivity contribution in [3.8, 4) is 11.4 Å². The Hall–Kier alpha value is -2.64. The van der Waals surface area contributed by atoms with Crippen molar-refractivity contribution < 1.29 is 9.53 Å². The summed E-state index contributed by atoms with van der Waals surface area (Å²) in [6, 6.07) is 4.33. The first-order valence-electron chi connectivity index (χ1n) is 10.3. The van der Waals surface area contributed by atoms with E-state index >= 15 is 0 Å². The minimum Gasteiger partial charge on any atom is -0.444 e. The third-order valence-electron chi connectivity index (χ3n) is 5.78. The minimum atomic E-state index is -0.447. The molecule has 0 bridgehead atoms. The van der Waals surface area contributed by atoms with E-state index < -0.39 is 5.60 Å². The van der Waals surface area contributed by atoms with Crippen LogP contribution in [0.3, 0.4) is 0 Å². The molecule has 2 unspecified atom stereocenters. The topological polar surface area (TPSA) is 85.2 Å². The number of rotatable bonds is 3. The molecule has 2 aromatic heterocycles. The lowest BCUT2D eigenvalue weighted by Crippen LogP contribution is -2.36. The highest BCUT2D eigenvalue weighted by molar-refractivity contribution is 5.68. The smallest absolute Gasteiger partial charge is 0.410 e. The lowest BCUT2D eigenvalue weighted by atomic mass is 10.0. The van der Waals surface area contributed by atoms with Gasteiger partial charge in [-0.25, -0.2) is 4.79 Å². The molecule has 4 rings (SSSR count). The van der Waals surface area contributed by atoms with Crippen LogP contribution in [0.2, 0.25) is 0 Å². The van der Waals surface area contributed by atoms with Crippen molar-refractivity contribution >= 4 is 11.9 Å². The van der Waals surface area contributed by atoms with E-state index in [1.54, 1.807) is 0 Å². The highest BCUT2D eigenvalue weighted by atomic mass is 16.6. The molecule has 1 N–H and O–H groups in total. The molecule has 2 aromatic rings. The number of carbonyl (C=O) groups excluding carboxylic acids is 1.